The topological polar surface area (TPSA) is 87.0 Å². The highest BCUT2D eigenvalue weighted by atomic mass is 16.5. The molecule has 1 saturated heterocycles. The maximum atomic E-state index is 14.1. The lowest BCUT2D eigenvalue weighted by atomic mass is 9.42. The summed E-state index contributed by atoms with van der Waals surface area (Å²) in [5.41, 5.74) is 0.827. The molecule has 0 amide bonds. The van der Waals surface area contributed by atoms with Gasteiger partial charge in [-0.2, -0.15) is 0 Å². The fourth-order valence-corrected chi connectivity index (χ4v) is 9.94. The molecule has 0 aromatic carbocycles. The molecule has 1 spiro atoms. The Hall–Kier alpha value is -0.750. The molecule has 4 aliphatic carbocycles. The Morgan fingerprint density at radius 1 is 1.09 bits per heavy atom. The van der Waals surface area contributed by atoms with E-state index in [-0.39, 0.29) is 35.4 Å². The van der Waals surface area contributed by atoms with Gasteiger partial charge >= 0.3 is 0 Å². The fraction of sp³-hybridized carbons (Fsp3) is 0.897. The second kappa shape index (κ2) is 7.63. The molecule has 5 aliphatic rings. The van der Waals surface area contributed by atoms with Crippen LogP contribution < -0.4 is 0 Å². The van der Waals surface area contributed by atoms with Crippen molar-refractivity contribution >= 4 is 5.78 Å². The van der Waals surface area contributed by atoms with E-state index in [4.69, 9.17) is 4.74 Å². The van der Waals surface area contributed by atoms with Crippen LogP contribution in [0, 0.1) is 33.5 Å². The van der Waals surface area contributed by atoms with E-state index < -0.39 is 28.6 Å². The Morgan fingerprint density at radius 2 is 1.79 bits per heavy atom. The van der Waals surface area contributed by atoms with Crippen molar-refractivity contribution in [2.75, 3.05) is 6.61 Å². The molecule has 0 radical (unpaired) electrons. The Labute approximate surface area is 205 Å². The first kappa shape index (κ1) is 24.9. The molecule has 0 aromatic rings. The smallest absolute Gasteiger partial charge is 0.146 e. The highest BCUT2D eigenvalue weighted by molar-refractivity contribution is 5.93. The first-order valence-electron chi connectivity index (χ1n) is 13.8. The minimum atomic E-state index is -0.555. The lowest BCUT2D eigenvalue weighted by Gasteiger charge is -2.62. The molecule has 5 rings (SSSR count). The van der Waals surface area contributed by atoms with Gasteiger partial charge in [0, 0.05) is 17.3 Å². The number of allylic oxidation sites excluding steroid dienone is 2. The summed E-state index contributed by atoms with van der Waals surface area (Å²) >= 11 is 0. The maximum Gasteiger partial charge on any atom is 0.146 e. The Balaban J connectivity index is 1.60. The number of Topliss-reactive ketones (excluding diaryl/α,β-unsaturated/α-hetero) is 1. The standard InChI is InChI=1S/C29H46O5/c1-7-20(31)21-14-17(2)29(34-21)15-24(33)28(6)19-8-9-22-25(3,18(19)10-13-27(28,29)5)12-11-23(32)26(22,4)16-30/h17,20-23,30-32H,7-16H2,1-6H3. The van der Waals surface area contributed by atoms with Gasteiger partial charge < -0.3 is 20.1 Å². The molecular weight excluding hydrogens is 428 g/mol. The van der Waals surface area contributed by atoms with Gasteiger partial charge in [-0.3, -0.25) is 4.79 Å². The van der Waals surface area contributed by atoms with Gasteiger partial charge in [0.15, 0.2) is 0 Å². The monoisotopic (exact) mass is 474 g/mol. The van der Waals surface area contributed by atoms with Crippen LogP contribution in [-0.2, 0) is 9.53 Å². The van der Waals surface area contributed by atoms with E-state index in [1.54, 1.807) is 0 Å². The molecule has 34 heavy (non-hydrogen) atoms. The zero-order chi connectivity index (χ0) is 24.9. The van der Waals surface area contributed by atoms with Crippen LogP contribution in [0.4, 0.5) is 0 Å². The predicted octanol–water partition coefficient (Wildman–Crippen LogP) is 4.57. The number of fused-ring (bicyclic) bond motifs is 5. The van der Waals surface area contributed by atoms with E-state index in [0.717, 1.165) is 38.5 Å². The molecule has 2 saturated carbocycles. The fourth-order valence-electron chi connectivity index (χ4n) is 9.94. The summed E-state index contributed by atoms with van der Waals surface area (Å²) in [6.07, 6.45) is 6.01. The van der Waals surface area contributed by atoms with Crippen molar-refractivity contribution in [3.63, 3.8) is 0 Å². The average Bonchev–Trinajstić information content (AvgIpc) is 3.23. The summed E-state index contributed by atoms with van der Waals surface area (Å²) in [6.45, 7) is 13.1. The van der Waals surface area contributed by atoms with Crippen molar-refractivity contribution in [1.29, 1.82) is 0 Å². The van der Waals surface area contributed by atoms with Crippen molar-refractivity contribution in [3.8, 4) is 0 Å². The first-order chi connectivity index (χ1) is 15.9. The zero-order valence-corrected chi connectivity index (χ0v) is 22.1. The van der Waals surface area contributed by atoms with Gasteiger partial charge in [-0.15, -0.1) is 0 Å². The molecule has 5 nitrogen and oxygen atoms in total. The molecular formula is C29H46O5. The summed E-state index contributed by atoms with van der Waals surface area (Å²) in [6, 6.07) is 0. The lowest BCUT2D eigenvalue weighted by molar-refractivity contribution is -0.170. The van der Waals surface area contributed by atoms with E-state index >= 15 is 0 Å². The Kier molecular flexibility index (Phi) is 5.59. The number of ether oxygens (including phenoxy) is 1. The molecule has 0 bridgehead atoms. The van der Waals surface area contributed by atoms with Crippen molar-refractivity contribution < 1.29 is 24.9 Å². The highest BCUT2D eigenvalue weighted by Crippen LogP contribution is 2.74. The lowest BCUT2D eigenvalue weighted by Crippen LogP contribution is -2.59. The number of hydrogen-bond acceptors (Lipinski definition) is 5. The van der Waals surface area contributed by atoms with Gasteiger partial charge in [-0.05, 0) is 75.5 Å². The molecule has 10 unspecified atom stereocenters. The van der Waals surface area contributed by atoms with Crippen LogP contribution in [0.25, 0.3) is 0 Å². The number of carbonyl (C=O) groups is 1. The largest absolute Gasteiger partial charge is 0.396 e. The third kappa shape index (κ3) is 2.68. The molecule has 192 valence electrons. The van der Waals surface area contributed by atoms with E-state index in [2.05, 4.69) is 34.6 Å². The van der Waals surface area contributed by atoms with Gasteiger partial charge in [0.05, 0.1) is 35.9 Å². The van der Waals surface area contributed by atoms with Crippen LogP contribution in [0.2, 0.25) is 0 Å². The van der Waals surface area contributed by atoms with E-state index in [9.17, 15) is 20.1 Å². The first-order valence-corrected chi connectivity index (χ1v) is 13.8. The minimum Gasteiger partial charge on any atom is -0.396 e. The van der Waals surface area contributed by atoms with Gasteiger partial charge in [-0.25, -0.2) is 0 Å². The molecule has 1 heterocycles. The second-order valence-electron chi connectivity index (χ2n) is 13.4. The molecule has 10 atom stereocenters. The van der Waals surface area contributed by atoms with Crippen molar-refractivity contribution in [2.24, 2.45) is 33.5 Å². The molecule has 0 aromatic heterocycles. The van der Waals surface area contributed by atoms with Crippen molar-refractivity contribution in [3.05, 3.63) is 11.1 Å². The van der Waals surface area contributed by atoms with E-state index in [1.807, 2.05) is 6.92 Å². The van der Waals surface area contributed by atoms with Crippen molar-refractivity contribution in [1.82, 2.24) is 0 Å². The average molecular weight is 475 g/mol. The predicted molar refractivity (Wildman–Crippen MR) is 131 cm³/mol. The summed E-state index contributed by atoms with van der Waals surface area (Å²) in [4.78, 5) is 14.1. The number of ketones is 1. The summed E-state index contributed by atoms with van der Waals surface area (Å²) in [7, 11) is 0. The number of aliphatic hydroxyl groups is 3. The van der Waals surface area contributed by atoms with Gasteiger partial charge in [0.1, 0.15) is 5.78 Å². The molecule has 1 aliphatic heterocycles. The van der Waals surface area contributed by atoms with Crippen LogP contribution in [0.3, 0.4) is 0 Å². The van der Waals surface area contributed by atoms with Crippen LogP contribution >= 0.6 is 0 Å². The maximum absolute atomic E-state index is 14.1. The summed E-state index contributed by atoms with van der Waals surface area (Å²) < 4.78 is 6.80. The SMILES string of the molecule is CCC(O)C1CC(C)C2(CC(=O)C3(C)C4=C(CCC32C)C2(C)CCC(O)C(C)(CO)C2CC4)O1. The van der Waals surface area contributed by atoms with Gasteiger partial charge in [0.2, 0.25) is 0 Å². The van der Waals surface area contributed by atoms with Crippen LogP contribution in [0.5, 0.6) is 0 Å². The minimum absolute atomic E-state index is 0.000555. The molecule has 5 heteroatoms. The number of rotatable bonds is 3. The number of aliphatic hydroxyl groups excluding tert-OH is 3. The Bertz CT molecular complexity index is 912. The number of carbonyl (C=O) groups excluding carboxylic acids is 1. The quantitative estimate of drug-likeness (QED) is 0.522. The van der Waals surface area contributed by atoms with E-state index in [0.29, 0.717) is 25.0 Å². The summed E-state index contributed by atoms with van der Waals surface area (Å²) in [5.74, 6) is 0.756. The van der Waals surface area contributed by atoms with Gasteiger partial charge in [-0.1, -0.05) is 45.8 Å². The summed E-state index contributed by atoms with van der Waals surface area (Å²) in [5, 5.41) is 31.8. The van der Waals surface area contributed by atoms with E-state index in [1.165, 1.54) is 11.1 Å². The second-order valence-corrected chi connectivity index (χ2v) is 13.4. The molecule has 3 fully saturated rings. The zero-order valence-electron chi connectivity index (χ0n) is 22.1. The normalized spacial score (nSPS) is 53.6. The third-order valence-electron chi connectivity index (χ3n) is 12.4. The third-order valence-corrected chi connectivity index (χ3v) is 12.4. The number of hydrogen-bond donors (Lipinski definition) is 3. The van der Waals surface area contributed by atoms with Crippen LogP contribution in [-0.4, -0.2) is 51.6 Å². The molecule has 3 N–H and O–H groups in total. The highest BCUT2D eigenvalue weighted by Gasteiger charge is 2.75. The van der Waals surface area contributed by atoms with Crippen molar-refractivity contribution in [2.45, 2.75) is 123 Å². The van der Waals surface area contributed by atoms with Crippen LogP contribution in [0.15, 0.2) is 11.1 Å². The Morgan fingerprint density at radius 3 is 2.44 bits per heavy atom. The van der Waals surface area contributed by atoms with Gasteiger partial charge in [0.25, 0.3) is 0 Å². The van der Waals surface area contributed by atoms with Crippen LogP contribution in [0.1, 0.15) is 99.3 Å².